The van der Waals surface area contributed by atoms with Crippen molar-refractivity contribution in [1.29, 1.82) is 0 Å². The molecule has 2 N–H and O–H groups in total. The molecule has 2 rings (SSSR count). The highest BCUT2D eigenvalue weighted by atomic mass is 15.2. The van der Waals surface area contributed by atoms with Crippen LogP contribution in [0.25, 0.3) is 0 Å². The van der Waals surface area contributed by atoms with Crippen molar-refractivity contribution in [2.24, 2.45) is 11.8 Å². The van der Waals surface area contributed by atoms with Crippen LogP contribution in [0.3, 0.4) is 0 Å². The van der Waals surface area contributed by atoms with Crippen molar-refractivity contribution < 1.29 is 0 Å². The molecule has 0 amide bonds. The third-order valence-electron chi connectivity index (χ3n) is 3.84. The van der Waals surface area contributed by atoms with Crippen molar-refractivity contribution in [2.75, 3.05) is 17.2 Å². The molecule has 88 valence electrons. The summed E-state index contributed by atoms with van der Waals surface area (Å²) < 4.78 is 0. The Bertz CT molecular complexity index is 362. The van der Waals surface area contributed by atoms with E-state index in [0.717, 1.165) is 24.1 Å². The van der Waals surface area contributed by atoms with Gasteiger partial charge in [-0.15, -0.1) is 0 Å². The number of nitrogens with two attached hydrogens (primary N) is 1. The molecule has 1 fully saturated rings. The second-order valence-corrected chi connectivity index (χ2v) is 5.27. The summed E-state index contributed by atoms with van der Waals surface area (Å²) in [5.41, 5.74) is 8.16. The number of nitrogen functional groups attached to an aromatic ring is 1. The summed E-state index contributed by atoms with van der Waals surface area (Å²) in [6.07, 6.45) is 1.32. The lowest BCUT2D eigenvalue weighted by Gasteiger charge is -2.43. The molecule has 3 unspecified atom stereocenters. The summed E-state index contributed by atoms with van der Waals surface area (Å²) in [5.74, 6) is 1.49. The van der Waals surface area contributed by atoms with E-state index in [0.29, 0.717) is 6.04 Å². The monoisotopic (exact) mass is 218 g/mol. The Morgan fingerprint density at radius 2 is 1.88 bits per heavy atom. The first kappa shape index (κ1) is 11.3. The van der Waals surface area contributed by atoms with E-state index in [9.17, 15) is 0 Å². The summed E-state index contributed by atoms with van der Waals surface area (Å²) in [5, 5.41) is 0. The number of benzene rings is 1. The van der Waals surface area contributed by atoms with Gasteiger partial charge in [0.25, 0.3) is 0 Å². The molecule has 0 bridgehead atoms. The minimum atomic E-state index is 0.584. The number of hydrogen-bond acceptors (Lipinski definition) is 2. The zero-order valence-corrected chi connectivity index (χ0v) is 10.5. The summed E-state index contributed by atoms with van der Waals surface area (Å²) in [7, 11) is 0. The normalized spacial score (nSPS) is 30.4. The van der Waals surface area contributed by atoms with Crippen LogP contribution in [-0.4, -0.2) is 12.6 Å². The molecule has 0 spiro atoms. The first-order chi connectivity index (χ1) is 7.59. The highest BCUT2D eigenvalue weighted by Gasteiger charge is 2.29. The first-order valence-corrected chi connectivity index (χ1v) is 6.20. The van der Waals surface area contributed by atoms with Crippen LogP contribution in [-0.2, 0) is 0 Å². The fourth-order valence-electron chi connectivity index (χ4n) is 2.78. The largest absolute Gasteiger partial charge is 0.397 e. The van der Waals surface area contributed by atoms with Gasteiger partial charge in [0.15, 0.2) is 0 Å². The van der Waals surface area contributed by atoms with Crippen molar-refractivity contribution in [3.05, 3.63) is 24.3 Å². The van der Waals surface area contributed by atoms with Gasteiger partial charge in [-0.1, -0.05) is 26.0 Å². The molecular weight excluding hydrogens is 196 g/mol. The average molecular weight is 218 g/mol. The predicted octanol–water partition coefficient (Wildman–Crippen LogP) is 3.14. The Kier molecular flexibility index (Phi) is 3.08. The first-order valence-electron chi connectivity index (χ1n) is 6.20. The smallest absolute Gasteiger partial charge is 0.0602 e. The summed E-state index contributed by atoms with van der Waals surface area (Å²) in [6, 6.07) is 8.78. The molecule has 1 heterocycles. The molecule has 1 aromatic rings. The second-order valence-electron chi connectivity index (χ2n) is 5.27. The van der Waals surface area contributed by atoms with Gasteiger partial charge >= 0.3 is 0 Å². The van der Waals surface area contributed by atoms with Gasteiger partial charge < -0.3 is 10.6 Å². The Hall–Kier alpha value is -1.18. The van der Waals surface area contributed by atoms with Crippen LogP contribution in [0, 0.1) is 11.8 Å². The van der Waals surface area contributed by atoms with Crippen LogP contribution in [0.2, 0.25) is 0 Å². The van der Waals surface area contributed by atoms with Gasteiger partial charge in [-0.25, -0.2) is 0 Å². The second kappa shape index (κ2) is 4.36. The molecule has 16 heavy (non-hydrogen) atoms. The molecule has 3 atom stereocenters. The molecule has 0 aromatic heterocycles. The topological polar surface area (TPSA) is 29.3 Å². The van der Waals surface area contributed by atoms with Gasteiger partial charge in [-0.2, -0.15) is 0 Å². The number of anilines is 2. The van der Waals surface area contributed by atoms with Crippen LogP contribution in [0.1, 0.15) is 27.2 Å². The van der Waals surface area contributed by atoms with Gasteiger partial charge in [0.2, 0.25) is 0 Å². The van der Waals surface area contributed by atoms with Crippen LogP contribution in [0.15, 0.2) is 24.3 Å². The predicted molar refractivity (Wildman–Crippen MR) is 70.6 cm³/mol. The number of para-hydroxylation sites is 2. The molecular formula is C14H22N2. The van der Waals surface area contributed by atoms with E-state index in [4.69, 9.17) is 5.73 Å². The molecule has 1 aromatic carbocycles. The van der Waals surface area contributed by atoms with Gasteiger partial charge in [-0.05, 0) is 37.3 Å². The highest BCUT2D eigenvalue weighted by Crippen LogP contribution is 2.33. The zero-order chi connectivity index (χ0) is 11.7. The lowest BCUT2D eigenvalue weighted by molar-refractivity contribution is 0.297. The van der Waals surface area contributed by atoms with Gasteiger partial charge in [0.1, 0.15) is 0 Å². The van der Waals surface area contributed by atoms with Crippen LogP contribution >= 0.6 is 0 Å². The van der Waals surface area contributed by atoms with Gasteiger partial charge in [0, 0.05) is 12.6 Å². The molecule has 0 saturated carbocycles. The van der Waals surface area contributed by atoms with Crippen molar-refractivity contribution in [3.63, 3.8) is 0 Å². The van der Waals surface area contributed by atoms with Gasteiger partial charge in [-0.3, -0.25) is 0 Å². The fourth-order valence-corrected chi connectivity index (χ4v) is 2.78. The average Bonchev–Trinajstić information content (AvgIpc) is 2.24. The number of rotatable bonds is 1. The number of nitrogens with zero attached hydrogens (tertiary/aromatic N) is 1. The lowest BCUT2D eigenvalue weighted by Crippen LogP contribution is -2.46. The van der Waals surface area contributed by atoms with E-state index in [1.807, 2.05) is 12.1 Å². The third-order valence-corrected chi connectivity index (χ3v) is 3.84. The van der Waals surface area contributed by atoms with Crippen molar-refractivity contribution in [3.8, 4) is 0 Å². The minimum absolute atomic E-state index is 0.584. The Labute approximate surface area is 98.4 Å². The highest BCUT2D eigenvalue weighted by molar-refractivity contribution is 5.67. The van der Waals surface area contributed by atoms with E-state index in [-0.39, 0.29) is 0 Å². The lowest BCUT2D eigenvalue weighted by atomic mass is 9.85. The minimum Gasteiger partial charge on any atom is -0.397 e. The Morgan fingerprint density at radius 3 is 2.56 bits per heavy atom. The Morgan fingerprint density at radius 1 is 1.19 bits per heavy atom. The SMILES string of the molecule is CC1CC(C)C(C)N(c2ccccc2N)C1. The van der Waals surface area contributed by atoms with E-state index in [1.54, 1.807) is 0 Å². The van der Waals surface area contributed by atoms with E-state index in [2.05, 4.69) is 37.8 Å². The number of piperidine rings is 1. The maximum atomic E-state index is 6.06. The van der Waals surface area contributed by atoms with E-state index >= 15 is 0 Å². The van der Waals surface area contributed by atoms with Crippen molar-refractivity contribution in [2.45, 2.75) is 33.2 Å². The molecule has 1 aliphatic heterocycles. The summed E-state index contributed by atoms with van der Waals surface area (Å²) in [6.45, 7) is 8.10. The Balaban J connectivity index is 2.29. The molecule has 1 saturated heterocycles. The van der Waals surface area contributed by atoms with Crippen molar-refractivity contribution in [1.82, 2.24) is 0 Å². The van der Waals surface area contributed by atoms with Crippen LogP contribution in [0.5, 0.6) is 0 Å². The fraction of sp³-hybridized carbons (Fsp3) is 0.571. The van der Waals surface area contributed by atoms with Crippen molar-refractivity contribution >= 4 is 11.4 Å². The molecule has 0 aliphatic carbocycles. The molecule has 0 radical (unpaired) electrons. The van der Waals surface area contributed by atoms with Crippen LogP contribution < -0.4 is 10.6 Å². The molecule has 1 aliphatic rings. The number of hydrogen-bond donors (Lipinski definition) is 1. The summed E-state index contributed by atoms with van der Waals surface area (Å²) in [4.78, 5) is 2.47. The summed E-state index contributed by atoms with van der Waals surface area (Å²) >= 11 is 0. The quantitative estimate of drug-likeness (QED) is 0.734. The zero-order valence-electron chi connectivity index (χ0n) is 10.5. The standard InChI is InChI=1S/C14H22N2/c1-10-8-11(2)12(3)16(9-10)14-7-5-4-6-13(14)15/h4-7,10-12H,8-9,15H2,1-3H3. The maximum absolute atomic E-state index is 6.06. The third kappa shape index (κ3) is 2.01. The maximum Gasteiger partial charge on any atom is 0.0602 e. The molecule has 2 nitrogen and oxygen atoms in total. The molecule has 2 heteroatoms. The van der Waals surface area contributed by atoms with Gasteiger partial charge in [0.05, 0.1) is 11.4 Å². The van der Waals surface area contributed by atoms with Crippen LogP contribution in [0.4, 0.5) is 11.4 Å². The van der Waals surface area contributed by atoms with E-state index in [1.165, 1.54) is 12.1 Å². The van der Waals surface area contributed by atoms with E-state index < -0.39 is 0 Å².